The molecule has 2 aliphatic rings. The van der Waals surface area contributed by atoms with Gasteiger partial charge in [0.05, 0.1) is 6.20 Å². The van der Waals surface area contributed by atoms with Crippen LogP contribution in [-0.2, 0) is 11.2 Å². The summed E-state index contributed by atoms with van der Waals surface area (Å²) in [6, 6.07) is 6.16. The van der Waals surface area contributed by atoms with E-state index in [-0.39, 0.29) is 11.7 Å². The van der Waals surface area contributed by atoms with Gasteiger partial charge in [-0.15, -0.1) is 0 Å². The van der Waals surface area contributed by atoms with Crippen molar-refractivity contribution in [2.24, 2.45) is 11.8 Å². The molecule has 1 aliphatic heterocycles. The number of amides is 1. The zero-order valence-electron chi connectivity index (χ0n) is 15.0. The van der Waals surface area contributed by atoms with Gasteiger partial charge in [-0.05, 0) is 55.4 Å². The number of piperidine rings is 1. The molecule has 1 aromatic carbocycles. The summed E-state index contributed by atoms with van der Waals surface area (Å²) in [7, 11) is 0. The highest BCUT2D eigenvalue weighted by atomic mass is 19.1. The first-order valence-electron chi connectivity index (χ1n) is 9.68. The standard InChI is InChI=1S/C21H25FN2O2/c22-19-8-5-16(6-9-19)21-17(13-23-26-21)7-10-20(25)24-12-11-15-3-1-2-4-18(15)14-24/h5-6,8-9,13,15,18H,1-4,7,10-12,14H2. The summed E-state index contributed by atoms with van der Waals surface area (Å²) in [5.74, 6) is 2.10. The van der Waals surface area contributed by atoms with Crippen molar-refractivity contribution in [2.45, 2.75) is 44.9 Å². The maximum atomic E-state index is 13.1. The monoisotopic (exact) mass is 356 g/mol. The number of hydrogen-bond donors (Lipinski definition) is 0. The Morgan fingerprint density at radius 2 is 1.92 bits per heavy atom. The Kier molecular flexibility index (Phi) is 5.05. The van der Waals surface area contributed by atoms with Crippen LogP contribution in [0.1, 0.15) is 44.1 Å². The van der Waals surface area contributed by atoms with Gasteiger partial charge in [0.1, 0.15) is 5.82 Å². The van der Waals surface area contributed by atoms with Crippen LogP contribution in [0.4, 0.5) is 4.39 Å². The molecule has 4 rings (SSSR count). The molecule has 1 amide bonds. The molecule has 1 aliphatic carbocycles. The second-order valence-corrected chi connectivity index (χ2v) is 7.62. The van der Waals surface area contributed by atoms with Gasteiger partial charge in [-0.2, -0.15) is 0 Å². The average Bonchev–Trinajstić information content (AvgIpc) is 3.15. The van der Waals surface area contributed by atoms with Crippen molar-refractivity contribution in [3.05, 3.63) is 41.8 Å². The summed E-state index contributed by atoms with van der Waals surface area (Å²) in [6.07, 6.45) is 9.17. The number of aryl methyl sites for hydroxylation is 1. The van der Waals surface area contributed by atoms with Crippen LogP contribution in [0, 0.1) is 17.7 Å². The highest BCUT2D eigenvalue weighted by Crippen LogP contribution is 2.36. The molecule has 4 nitrogen and oxygen atoms in total. The van der Waals surface area contributed by atoms with Crippen molar-refractivity contribution in [1.29, 1.82) is 0 Å². The quantitative estimate of drug-likeness (QED) is 0.813. The molecule has 2 unspecified atom stereocenters. The number of rotatable bonds is 4. The van der Waals surface area contributed by atoms with Crippen LogP contribution in [0.2, 0.25) is 0 Å². The number of carbonyl (C=O) groups is 1. The van der Waals surface area contributed by atoms with E-state index in [1.165, 1.54) is 37.8 Å². The first-order chi connectivity index (χ1) is 12.7. The van der Waals surface area contributed by atoms with Gasteiger partial charge in [-0.3, -0.25) is 4.79 Å². The predicted octanol–water partition coefficient (Wildman–Crippen LogP) is 4.45. The third kappa shape index (κ3) is 3.67. The Morgan fingerprint density at radius 1 is 1.15 bits per heavy atom. The van der Waals surface area contributed by atoms with Gasteiger partial charge in [0.2, 0.25) is 5.91 Å². The fraction of sp³-hybridized carbons (Fsp3) is 0.524. The Bertz CT molecular complexity index is 756. The Balaban J connectivity index is 1.36. The first-order valence-corrected chi connectivity index (χ1v) is 9.68. The van der Waals surface area contributed by atoms with Gasteiger partial charge in [0.25, 0.3) is 0 Å². The minimum atomic E-state index is -0.281. The van der Waals surface area contributed by atoms with Crippen LogP contribution in [-0.4, -0.2) is 29.1 Å². The molecule has 2 heterocycles. The summed E-state index contributed by atoms with van der Waals surface area (Å²) in [5, 5.41) is 3.87. The molecule has 0 bridgehead atoms. The third-order valence-electron chi connectivity index (χ3n) is 6.00. The maximum Gasteiger partial charge on any atom is 0.222 e. The number of hydrogen-bond acceptors (Lipinski definition) is 3. The van der Waals surface area contributed by atoms with Crippen LogP contribution >= 0.6 is 0 Å². The molecule has 2 aromatic rings. The maximum absolute atomic E-state index is 13.1. The van der Waals surface area contributed by atoms with Gasteiger partial charge in [-0.25, -0.2) is 4.39 Å². The minimum Gasteiger partial charge on any atom is -0.356 e. The first kappa shape index (κ1) is 17.3. The normalized spacial score (nSPS) is 22.9. The van der Waals surface area contributed by atoms with E-state index in [0.29, 0.717) is 24.5 Å². The SMILES string of the molecule is O=C(CCc1cnoc1-c1ccc(F)cc1)N1CCC2CCCCC2C1. The average molecular weight is 356 g/mol. The van der Waals surface area contributed by atoms with E-state index in [4.69, 9.17) is 4.52 Å². The number of halogens is 1. The highest BCUT2D eigenvalue weighted by Gasteiger charge is 2.32. The number of benzene rings is 1. The third-order valence-corrected chi connectivity index (χ3v) is 6.00. The molecular formula is C21H25FN2O2. The topological polar surface area (TPSA) is 46.3 Å². The van der Waals surface area contributed by atoms with E-state index in [2.05, 4.69) is 10.1 Å². The van der Waals surface area contributed by atoms with E-state index in [9.17, 15) is 9.18 Å². The molecule has 26 heavy (non-hydrogen) atoms. The lowest BCUT2D eigenvalue weighted by atomic mass is 9.75. The van der Waals surface area contributed by atoms with Crippen molar-refractivity contribution in [2.75, 3.05) is 13.1 Å². The van der Waals surface area contributed by atoms with Crippen LogP contribution in [0.5, 0.6) is 0 Å². The van der Waals surface area contributed by atoms with Crippen molar-refractivity contribution in [3.63, 3.8) is 0 Å². The molecule has 138 valence electrons. The van der Waals surface area contributed by atoms with E-state index in [0.717, 1.165) is 36.6 Å². The van der Waals surface area contributed by atoms with Crippen LogP contribution in [0.3, 0.4) is 0 Å². The Hall–Kier alpha value is -2.17. The molecule has 2 fully saturated rings. The largest absolute Gasteiger partial charge is 0.356 e. The van der Waals surface area contributed by atoms with Gasteiger partial charge in [-0.1, -0.05) is 24.4 Å². The zero-order valence-corrected chi connectivity index (χ0v) is 15.0. The minimum absolute atomic E-state index is 0.222. The van der Waals surface area contributed by atoms with Gasteiger partial charge in [0.15, 0.2) is 5.76 Å². The van der Waals surface area contributed by atoms with E-state index in [1.54, 1.807) is 18.3 Å². The second kappa shape index (κ2) is 7.60. The lowest BCUT2D eigenvalue weighted by Gasteiger charge is -2.41. The summed E-state index contributed by atoms with van der Waals surface area (Å²) in [4.78, 5) is 14.7. The molecule has 2 atom stereocenters. The number of aromatic nitrogens is 1. The van der Waals surface area contributed by atoms with Crippen molar-refractivity contribution in [3.8, 4) is 11.3 Å². The lowest BCUT2D eigenvalue weighted by Crippen LogP contribution is -2.44. The predicted molar refractivity (Wildman–Crippen MR) is 96.9 cm³/mol. The molecule has 0 spiro atoms. The fourth-order valence-electron chi connectivity index (χ4n) is 4.50. The van der Waals surface area contributed by atoms with E-state index in [1.807, 2.05) is 0 Å². The van der Waals surface area contributed by atoms with Gasteiger partial charge in [0, 0.05) is 30.6 Å². The fourth-order valence-corrected chi connectivity index (χ4v) is 4.50. The van der Waals surface area contributed by atoms with Crippen molar-refractivity contribution in [1.82, 2.24) is 10.1 Å². The molecule has 0 N–H and O–H groups in total. The number of likely N-dealkylation sites (tertiary alicyclic amines) is 1. The Labute approximate surface area is 153 Å². The van der Waals surface area contributed by atoms with Gasteiger partial charge < -0.3 is 9.42 Å². The molecule has 1 aromatic heterocycles. The van der Waals surface area contributed by atoms with Crippen molar-refractivity contribution < 1.29 is 13.7 Å². The molecule has 0 radical (unpaired) electrons. The Morgan fingerprint density at radius 3 is 2.73 bits per heavy atom. The van der Waals surface area contributed by atoms with E-state index >= 15 is 0 Å². The van der Waals surface area contributed by atoms with Gasteiger partial charge >= 0.3 is 0 Å². The zero-order chi connectivity index (χ0) is 17.9. The summed E-state index contributed by atoms with van der Waals surface area (Å²) in [5.41, 5.74) is 1.69. The highest BCUT2D eigenvalue weighted by molar-refractivity contribution is 5.77. The van der Waals surface area contributed by atoms with E-state index < -0.39 is 0 Å². The molecular weight excluding hydrogens is 331 g/mol. The van der Waals surface area contributed by atoms with Crippen molar-refractivity contribution >= 4 is 5.91 Å². The van der Waals surface area contributed by atoms with Crippen LogP contribution in [0.15, 0.2) is 35.0 Å². The molecule has 1 saturated carbocycles. The number of carbonyl (C=O) groups excluding carboxylic acids is 1. The lowest BCUT2D eigenvalue weighted by molar-refractivity contribution is -0.134. The summed E-state index contributed by atoms with van der Waals surface area (Å²) in [6.45, 7) is 1.83. The number of fused-ring (bicyclic) bond motifs is 1. The smallest absolute Gasteiger partial charge is 0.222 e. The number of nitrogens with zero attached hydrogens (tertiary/aromatic N) is 2. The van der Waals surface area contributed by atoms with Crippen LogP contribution < -0.4 is 0 Å². The summed E-state index contributed by atoms with van der Waals surface area (Å²) >= 11 is 0. The van der Waals surface area contributed by atoms with Crippen LogP contribution in [0.25, 0.3) is 11.3 Å². The second-order valence-electron chi connectivity index (χ2n) is 7.62. The summed E-state index contributed by atoms with van der Waals surface area (Å²) < 4.78 is 18.5. The molecule has 5 heteroatoms. The molecule has 1 saturated heterocycles.